The molecule has 158 valence electrons. The average molecular weight is 446 g/mol. The molecule has 1 aliphatic rings. The second kappa shape index (κ2) is 8.81. The van der Waals surface area contributed by atoms with Crippen LogP contribution in [0.3, 0.4) is 0 Å². The van der Waals surface area contributed by atoms with Crippen molar-refractivity contribution in [3.63, 3.8) is 0 Å². The van der Waals surface area contributed by atoms with Gasteiger partial charge in [0.2, 0.25) is 0 Å². The quantitative estimate of drug-likeness (QED) is 0.630. The Balaban J connectivity index is 1.67. The monoisotopic (exact) mass is 445 g/mol. The maximum atomic E-state index is 13.1. The molecular formula is C21H23N3O4S2. The molecule has 0 spiro atoms. The molecule has 1 atom stereocenters. The predicted molar refractivity (Wildman–Crippen MR) is 117 cm³/mol. The van der Waals surface area contributed by atoms with E-state index in [4.69, 9.17) is 9.84 Å². The summed E-state index contributed by atoms with van der Waals surface area (Å²) in [7, 11) is 0. The minimum absolute atomic E-state index is 0.0442. The summed E-state index contributed by atoms with van der Waals surface area (Å²) >= 11 is 2.81. The number of hydrogen-bond donors (Lipinski definition) is 2. The molecule has 4 rings (SSSR count). The number of aromatic nitrogens is 1. The van der Waals surface area contributed by atoms with Gasteiger partial charge in [-0.15, -0.1) is 22.7 Å². The molecule has 7 nitrogen and oxygen atoms in total. The highest BCUT2D eigenvalue weighted by molar-refractivity contribution is 7.21. The fourth-order valence-corrected chi connectivity index (χ4v) is 5.74. The highest BCUT2D eigenvalue weighted by Gasteiger charge is 2.32. The van der Waals surface area contributed by atoms with Crippen LogP contribution in [0.1, 0.15) is 41.7 Å². The Morgan fingerprint density at radius 2 is 2.07 bits per heavy atom. The number of hydrogen-bond acceptors (Lipinski definition) is 7. The van der Waals surface area contributed by atoms with Gasteiger partial charge in [0.15, 0.2) is 0 Å². The molecular weight excluding hydrogens is 422 g/mol. The van der Waals surface area contributed by atoms with Crippen LogP contribution in [0.4, 0.5) is 0 Å². The molecule has 1 aromatic carbocycles. The van der Waals surface area contributed by atoms with Gasteiger partial charge in [0.25, 0.3) is 11.8 Å². The summed E-state index contributed by atoms with van der Waals surface area (Å²) in [5.74, 6) is -0.279. The van der Waals surface area contributed by atoms with Crippen LogP contribution in [0.2, 0.25) is 0 Å². The van der Waals surface area contributed by atoms with E-state index in [2.05, 4.69) is 10.3 Å². The standard InChI is InChI=1S/C21H23N3O4S2/c1-12-18(29-13(2)23-12)21(27)24-8-10-28-15(11-24)17-14-5-3-4-6-16(14)30-19(17)20(26)22-7-9-25/h3-6,15,25H,7-11H2,1-2H3,(H,22,26)/t15-/m1/s1. The molecule has 3 aromatic rings. The third-order valence-electron chi connectivity index (χ3n) is 5.01. The molecule has 0 radical (unpaired) electrons. The Morgan fingerprint density at radius 1 is 1.27 bits per heavy atom. The number of nitrogens with zero attached hydrogens (tertiary/aromatic N) is 2. The van der Waals surface area contributed by atoms with Gasteiger partial charge in [0.05, 0.1) is 35.3 Å². The number of aliphatic hydroxyl groups is 1. The van der Waals surface area contributed by atoms with Crippen LogP contribution in [-0.2, 0) is 4.74 Å². The zero-order valence-electron chi connectivity index (χ0n) is 16.8. The summed E-state index contributed by atoms with van der Waals surface area (Å²) in [6.07, 6.45) is -0.400. The minimum Gasteiger partial charge on any atom is -0.395 e. The lowest BCUT2D eigenvalue weighted by Gasteiger charge is -2.33. The number of ether oxygens (including phenoxy) is 1. The van der Waals surface area contributed by atoms with Gasteiger partial charge in [-0.2, -0.15) is 0 Å². The number of rotatable bonds is 5. The topological polar surface area (TPSA) is 91.8 Å². The number of amides is 2. The van der Waals surface area contributed by atoms with E-state index >= 15 is 0 Å². The lowest BCUT2D eigenvalue weighted by Crippen LogP contribution is -2.42. The van der Waals surface area contributed by atoms with Crippen molar-refractivity contribution in [2.75, 3.05) is 32.8 Å². The highest BCUT2D eigenvalue weighted by atomic mass is 32.1. The van der Waals surface area contributed by atoms with Gasteiger partial charge < -0.3 is 20.1 Å². The number of thiophene rings is 1. The number of carbonyl (C=O) groups excluding carboxylic acids is 2. The summed E-state index contributed by atoms with van der Waals surface area (Å²) < 4.78 is 7.04. The van der Waals surface area contributed by atoms with Crippen molar-refractivity contribution in [3.8, 4) is 0 Å². The van der Waals surface area contributed by atoms with E-state index < -0.39 is 6.10 Å². The van der Waals surface area contributed by atoms with E-state index in [0.29, 0.717) is 29.5 Å². The average Bonchev–Trinajstić information content (AvgIpc) is 3.31. The molecule has 2 amide bonds. The van der Waals surface area contributed by atoms with Crippen LogP contribution >= 0.6 is 22.7 Å². The second-order valence-corrected chi connectivity index (χ2v) is 9.33. The van der Waals surface area contributed by atoms with Gasteiger partial charge in [0.1, 0.15) is 11.0 Å². The first-order valence-corrected chi connectivity index (χ1v) is 11.4. The Kier molecular flexibility index (Phi) is 6.14. The lowest BCUT2D eigenvalue weighted by molar-refractivity contribution is -0.0221. The largest absolute Gasteiger partial charge is 0.395 e. The zero-order valence-corrected chi connectivity index (χ0v) is 18.4. The molecule has 2 aromatic heterocycles. The van der Waals surface area contributed by atoms with Crippen molar-refractivity contribution < 1.29 is 19.4 Å². The van der Waals surface area contributed by atoms with E-state index in [9.17, 15) is 9.59 Å². The van der Waals surface area contributed by atoms with Gasteiger partial charge in [-0.25, -0.2) is 4.98 Å². The molecule has 3 heterocycles. The first-order valence-electron chi connectivity index (χ1n) is 9.75. The van der Waals surface area contributed by atoms with Crippen molar-refractivity contribution in [2.45, 2.75) is 20.0 Å². The third kappa shape index (κ3) is 3.98. The molecule has 0 bridgehead atoms. The molecule has 1 fully saturated rings. The van der Waals surface area contributed by atoms with Gasteiger partial charge in [-0.1, -0.05) is 18.2 Å². The smallest absolute Gasteiger partial charge is 0.266 e. The first kappa shape index (κ1) is 20.9. The number of benzene rings is 1. The van der Waals surface area contributed by atoms with Crippen LogP contribution in [-0.4, -0.2) is 59.7 Å². The Morgan fingerprint density at radius 3 is 2.80 bits per heavy atom. The zero-order chi connectivity index (χ0) is 21.3. The molecule has 0 aliphatic carbocycles. The van der Waals surface area contributed by atoms with E-state index in [-0.39, 0.29) is 25.0 Å². The number of carbonyl (C=O) groups is 2. The maximum absolute atomic E-state index is 13.1. The molecule has 0 saturated carbocycles. The highest BCUT2D eigenvalue weighted by Crippen LogP contribution is 2.38. The Bertz CT molecular complexity index is 1090. The van der Waals surface area contributed by atoms with Crippen LogP contribution in [0, 0.1) is 13.8 Å². The molecule has 0 unspecified atom stereocenters. The lowest BCUT2D eigenvalue weighted by atomic mass is 10.0. The van der Waals surface area contributed by atoms with Crippen molar-refractivity contribution in [1.29, 1.82) is 0 Å². The van der Waals surface area contributed by atoms with Crippen LogP contribution in [0.15, 0.2) is 24.3 Å². The third-order valence-corrected chi connectivity index (χ3v) is 7.26. The van der Waals surface area contributed by atoms with Gasteiger partial charge in [-0.3, -0.25) is 9.59 Å². The molecule has 1 aliphatic heterocycles. The van der Waals surface area contributed by atoms with Gasteiger partial charge in [-0.05, 0) is 25.3 Å². The number of nitrogens with one attached hydrogen (secondary N) is 1. The summed E-state index contributed by atoms with van der Waals surface area (Å²) in [4.78, 5) is 33.3. The predicted octanol–water partition coefficient (Wildman–Crippen LogP) is 2.91. The molecule has 2 N–H and O–H groups in total. The number of morpholine rings is 1. The van der Waals surface area contributed by atoms with Gasteiger partial charge in [0, 0.05) is 23.4 Å². The van der Waals surface area contributed by atoms with Crippen molar-refractivity contribution in [3.05, 3.63) is 50.3 Å². The van der Waals surface area contributed by atoms with Crippen LogP contribution in [0.5, 0.6) is 0 Å². The number of aryl methyl sites for hydroxylation is 2. The minimum atomic E-state index is -0.400. The van der Waals surface area contributed by atoms with Crippen LogP contribution < -0.4 is 5.32 Å². The Labute approximate surface area is 182 Å². The van der Waals surface area contributed by atoms with Crippen LogP contribution in [0.25, 0.3) is 10.1 Å². The molecule has 30 heavy (non-hydrogen) atoms. The number of aliphatic hydroxyl groups excluding tert-OH is 1. The summed E-state index contributed by atoms with van der Waals surface area (Å²) in [5.41, 5.74) is 1.55. The Hall–Kier alpha value is -2.33. The SMILES string of the molecule is Cc1nc(C)c(C(=O)N2CCO[C@@H](c3c(C(=O)NCCO)sc4ccccc34)C2)s1. The number of fused-ring (bicyclic) bond motifs is 1. The van der Waals surface area contributed by atoms with E-state index in [1.807, 2.05) is 38.1 Å². The maximum Gasteiger partial charge on any atom is 0.266 e. The summed E-state index contributed by atoms with van der Waals surface area (Å²) in [5, 5.41) is 13.6. The van der Waals surface area contributed by atoms with Crippen molar-refractivity contribution in [1.82, 2.24) is 15.2 Å². The fraction of sp³-hybridized carbons (Fsp3) is 0.381. The summed E-state index contributed by atoms with van der Waals surface area (Å²) in [6.45, 7) is 5.08. The normalized spacial score (nSPS) is 16.8. The summed E-state index contributed by atoms with van der Waals surface area (Å²) in [6, 6.07) is 7.82. The first-order chi connectivity index (χ1) is 14.5. The second-order valence-electron chi connectivity index (χ2n) is 7.08. The molecule has 9 heteroatoms. The number of thiazole rings is 1. The van der Waals surface area contributed by atoms with Gasteiger partial charge >= 0.3 is 0 Å². The van der Waals surface area contributed by atoms with Crippen molar-refractivity contribution >= 4 is 44.6 Å². The van der Waals surface area contributed by atoms with E-state index in [0.717, 1.165) is 26.4 Å². The molecule has 1 saturated heterocycles. The van der Waals surface area contributed by atoms with Crippen molar-refractivity contribution in [2.24, 2.45) is 0 Å². The van der Waals surface area contributed by atoms with E-state index in [1.54, 1.807) is 4.90 Å². The fourth-order valence-electron chi connectivity index (χ4n) is 3.69. The van der Waals surface area contributed by atoms with E-state index in [1.165, 1.54) is 22.7 Å².